The maximum absolute atomic E-state index is 11.3. The first-order chi connectivity index (χ1) is 5.84. The fraction of sp³-hybridized carbons (Fsp3) is 0.875. The van der Waals surface area contributed by atoms with E-state index in [9.17, 15) is 4.79 Å². The van der Waals surface area contributed by atoms with Gasteiger partial charge < -0.3 is 15.0 Å². The Hall–Kier alpha value is -0.320. The fourth-order valence-electron chi connectivity index (χ4n) is 1.31. The summed E-state index contributed by atoms with van der Waals surface area (Å²) < 4.78 is 4.79. The molecule has 78 valence electrons. The van der Waals surface area contributed by atoms with E-state index in [4.69, 9.17) is 4.74 Å². The van der Waals surface area contributed by atoms with Gasteiger partial charge in [-0.1, -0.05) is 0 Å². The van der Waals surface area contributed by atoms with E-state index in [1.165, 1.54) is 0 Å². The second-order valence-electron chi connectivity index (χ2n) is 2.92. The molecular formula is C8H17ClN2O2. The van der Waals surface area contributed by atoms with Crippen molar-refractivity contribution in [2.24, 2.45) is 0 Å². The third kappa shape index (κ3) is 4.45. The summed E-state index contributed by atoms with van der Waals surface area (Å²) in [6, 6.07) is 0. The van der Waals surface area contributed by atoms with Gasteiger partial charge in [0.05, 0.1) is 0 Å². The van der Waals surface area contributed by atoms with Crippen molar-refractivity contribution in [1.29, 1.82) is 0 Å². The molecule has 0 aromatic carbocycles. The van der Waals surface area contributed by atoms with Gasteiger partial charge in [-0.2, -0.15) is 0 Å². The van der Waals surface area contributed by atoms with Crippen molar-refractivity contribution in [2.75, 3.05) is 39.9 Å². The summed E-state index contributed by atoms with van der Waals surface area (Å²) >= 11 is 0. The number of carbonyl (C=O) groups excluding carboxylic acids is 1. The minimum Gasteiger partial charge on any atom is -0.375 e. The largest absolute Gasteiger partial charge is 0.375 e. The normalized spacial score (nSPS) is 17.5. The number of amides is 1. The number of nitrogens with zero attached hydrogens (tertiary/aromatic N) is 1. The van der Waals surface area contributed by atoms with Gasteiger partial charge in [0, 0.05) is 26.7 Å². The molecule has 1 amide bonds. The molecule has 0 bridgehead atoms. The Balaban J connectivity index is 0.00000144. The molecule has 1 aliphatic heterocycles. The Morgan fingerprint density at radius 1 is 1.46 bits per heavy atom. The van der Waals surface area contributed by atoms with Gasteiger partial charge in [0.25, 0.3) is 0 Å². The highest BCUT2D eigenvalue weighted by molar-refractivity contribution is 5.85. The lowest BCUT2D eigenvalue weighted by molar-refractivity contribution is -0.134. The van der Waals surface area contributed by atoms with Crippen LogP contribution in [0.2, 0.25) is 0 Å². The predicted molar refractivity (Wildman–Crippen MR) is 53.2 cm³/mol. The number of nitrogens with one attached hydrogen (secondary N) is 1. The van der Waals surface area contributed by atoms with E-state index in [0.29, 0.717) is 0 Å². The van der Waals surface area contributed by atoms with Gasteiger partial charge in [-0.25, -0.2) is 0 Å². The molecule has 0 spiro atoms. The number of halogens is 1. The summed E-state index contributed by atoms with van der Waals surface area (Å²) in [4.78, 5) is 13.2. The van der Waals surface area contributed by atoms with Gasteiger partial charge in [-0.15, -0.1) is 12.4 Å². The monoisotopic (exact) mass is 208 g/mol. The molecule has 1 fully saturated rings. The molecule has 0 aromatic heterocycles. The fourth-order valence-corrected chi connectivity index (χ4v) is 1.31. The first-order valence-corrected chi connectivity index (χ1v) is 4.32. The Labute approximate surface area is 85.0 Å². The standard InChI is InChI=1S/C8H16N2O2.ClH/c1-12-7-8(11)10-5-2-3-9-4-6-10;/h9H,2-7H2,1H3;1H. The average Bonchev–Trinajstić information content (AvgIpc) is 2.32. The topological polar surface area (TPSA) is 41.6 Å². The van der Waals surface area contributed by atoms with Crippen LogP contribution in [0.5, 0.6) is 0 Å². The predicted octanol–water partition coefficient (Wildman–Crippen LogP) is -0.123. The number of carbonyl (C=O) groups is 1. The van der Waals surface area contributed by atoms with E-state index in [-0.39, 0.29) is 24.9 Å². The number of hydrogen-bond acceptors (Lipinski definition) is 3. The zero-order valence-corrected chi connectivity index (χ0v) is 8.73. The molecule has 5 heteroatoms. The maximum atomic E-state index is 11.3. The van der Waals surface area contributed by atoms with E-state index in [1.54, 1.807) is 7.11 Å². The van der Waals surface area contributed by atoms with E-state index >= 15 is 0 Å². The molecule has 0 unspecified atom stereocenters. The van der Waals surface area contributed by atoms with Crippen LogP contribution in [0.25, 0.3) is 0 Å². The lowest BCUT2D eigenvalue weighted by Crippen LogP contribution is -2.36. The van der Waals surface area contributed by atoms with Gasteiger partial charge in [-0.05, 0) is 13.0 Å². The number of ether oxygens (including phenoxy) is 1. The lowest BCUT2D eigenvalue weighted by atomic mass is 10.4. The third-order valence-corrected chi connectivity index (χ3v) is 1.96. The molecular weight excluding hydrogens is 192 g/mol. The van der Waals surface area contributed by atoms with Crippen LogP contribution in [-0.2, 0) is 9.53 Å². The summed E-state index contributed by atoms with van der Waals surface area (Å²) in [7, 11) is 1.55. The smallest absolute Gasteiger partial charge is 0.248 e. The average molecular weight is 209 g/mol. The zero-order chi connectivity index (χ0) is 8.81. The summed E-state index contributed by atoms with van der Waals surface area (Å²) in [5, 5.41) is 3.24. The second-order valence-corrected chi connectivity index (χ2v) is 2.92. The summed E-state index contributed by atoms with van der Waals surface area (Å²) in [5.41, 5.74) is 0. The Kier molecular flexibility index (Phi) is 6.94. The quantitative estimate of drug-likeness (QED) is 0.688. The molecule has 1 aliphatic rings. The van der Waals surface area contributed by atoms with Gasteiger partial charge in [0.15, 0.2) is 0 Å². The molecule has 1 heterocycles. The maximum Gasteiger partial charge on any atom is 0.248 e. The van der Waals surface area contributed by atoms with Gasteiger partial charge >= 0.3 is 0 Å². The SMILES string of the molecule is COCC(=O)N1CCCNCC1.Cl. The van der Waals surface area contributed by atoms with Crippen molar-refractivity contribution in [2.45, 2.75) is 6.42 Å². The molecule has 0 atom stereocenters. The van der Waals surface area contributed by atoms with Crippen LogP contribution >= 0.6 is 12.4 Å². The third-order valence-electron chi connectivity index (χ3n) is 1.96. The van der Waals surface area contributed by atoms with Crippen molar-refractivity contribution in [3.05, 3.63) is 0 Å². The van der Waals surface area contributed by atoms with Crippen LogP contribution in [0.4, 0.5) is 0 Å². The molecule has 0 aliphatic carbocycles. The molecule has 4 nitrogen and oxygen atoms in total. The molecule has 1 saturated heterocycles. The first kappa shape index (κ1) is 12.7. The number of methoxy groups -OCH3 is 1. The highest BCUT2D eigenvalue weighted by atomic mass is 35.5. The Morgan fingerprint density at radius 3 is 2.92 bits per heavy atom. The summed E-state index contributed by atoms with van der Waals surface area (Å²) in [6.45, 7) is 3.78. The van der Waals surface area contributed by atoms with Crippen LogP contribution < -0.4 is 5.32 Å². The van der Waals surface area contributed by atoms with E-state index < -0.39 is 0 Å². The van der Waals surface area contributed by atoms with Crippen molar-refractivity contribution in [3.63, 3.8) is 0 Å². The summed E-state index contributed by atoms with van der Waals surface area (Å²) in [5.74, 6) is 0.0983. The van der Waals surface area contributed by atoms with Crippen molar-refractivity contribution >= 4 is 18.3 Å². The Bertz CT molecular complexity index is 147. The van der Waals surface area contributed by atoms with Crippen LogP contribution in [0, 0.1) is 0 Å². The van der Waals surface area contributed by atoms with Gasteiger partial charge in [0.1, 0.15) is 6.61 Å². The highest BCUT2D eigenvalue weighted by Gasteiger charge is 2.13. The minimum atomic E-state index is 0. The molecule has 13 heavy (non-hydrogen) atoms. The van der Waals surface area contributed by atoms with Crippen LogP contribution in [0.3, 0.4) is 0 Å². The Morgan fingerprint density at radius 2 is 2.23 bits per heavy atom. The molecule has 0 radical (unpaired) electrons. The summed E-state index contributed by atoms with van der Waals surface area (Å²) in [6.07, 6.45) is 1.04. The van der Waals surface area contributed by atoms with Crippen molar-refractivity contribution < 1.29 is 9.53 Å². The molecule has 1 rings (SSSR count). The highest BCUT2D eigenvalue weighted by Crippen LogP contribution is 1.95. The van der Waals surface area contributed by atoms with Crippen LogP contribution in [0.15, 0.2) is 0 Å². The second kappa shape index (κ2) is 7.12. The minimum absolute atomic E-state index is 0. The zero-order valence-electron chi connectivity index (χ0n) is 7.91. The van der Waals surface area contributed by atoms with Gasteiger partial charge in [-0.3, -0.25) is 4.79 Å². The van der Waals surface area contributed by atoms with Crippen molar-refractivity contribution in [3.8, 4) is 0 Å². The molecule has 0 saturated carbocycles. The molecule has 1 N–H and O–H groups in total. The van der Waals surface area contributed by atoms with E-state index in [1.807, 2.05) is 4.90 Å². The van der Waals surface area contributed by atoms with Crippen LogP contribution in [-0.4, -0.2) is 50.7 Å². The van der Waals surface area contributed by atoms with Crippen LogP contribution in [0.1, 0.15) is 6.42 Å². The number of rotatable bonds is 2. The van der Waals surface area contributed by atoms with Crippen molar-refractivity contribution in [1.82, 2.24) is 10.2 Å². The first-order valence-electron chi connectivity index (χ1n) is 4.32. The van der Waals surface area contributed by atoms with E-state index in [2.05, 4.69) is 5.32 Å². The van der Waals surface area contributed by atoms with Gasteiger partial charge in [0.2, 0.25) is 5.91 Å². The number of hydrogen-bond donors (Lipinski definition) is 1. The van der Waals surface area contributed by atoms with E-state index in [0.717, 1.165) is 32.6 Å². The lowest BCUT2D eigenvalue weighted by Gasteiger charge is -2.18. The molecule has 0 aromatic rings.